The number of anilines is 2. The summed E-state index contributed by atoms with van der Waals surface area (Å²) in [7, 11) is 1.67. The van der Waals surface area contributed by atoms with Crippen molar-refractivity contribution in [2.24, 2.45) is 0 Å². The Morgan fingerprint density at radius 1 is 1.07 bits per heavy atom. The van der Waals surface area contributed by atoms with Crippen molar-refractivity contribution in [1.82, 2.24) is 4.98 Å². The summed E-state index contributed by atoms with van der Waals surface area (Å²) in [4.78, 5) is 16.6. The first-order valence-electron chi connectivity index (χ1n) is 8.55. The minimum absolute atomic E-state index is 0.265. The van der Waals surface area contributed by atoms with Crippen molar-refractivity contribution in [3.8, 4) is 5.75 Å². The van der Waals surface area contributed by atoms with E-state index in [1.807, 2.05) is 30.3 Å². The lowest BCUT2D eigenvalue weighted by atomic mass is 10.1. The van der Waals surface area contributed by atoms with Crippen LogP contribution in [-0.4, -0.2) is 24.5 Å². The number of hydrogen-bond donors (Lipinski definition) is 2. The Morgan fingerprint density at radius 2 is 1.85 bits per heavy atom. The summed E-state index contributed by atoms with van der Waals surface area (Å²) in [5.74, 6) is 1.35. The Balaban J connectivity index is 1.54. The van der Waals surface area contributed by atoms with Crippen LogP contribution < -0.4 is 15.4 Å². The fraction of sp³-hybridized carbons (Fsp3) is 0.143. The molecule has 3 rings (SSSR count). The number of methoxy groups -OCH3 is 1. The van der Waals surface area contributed by atoms with Gasteiger partial charge in [-0.15, -0.1) is 0 Å². The lowest BCUT2D eigenvalue weighted by Gasteiger charge is -2.10. The number of pyridine rings is 1. The summed E-state index contributed by atoms with van der Waals surface area (Å²) in [6.07, 6.45) is 2.43. The fourth-order valence-corrected chi connectivity index (χ4v) is 2.87. The minimum atomic E-state index is -0.265. The van der Waals surface area contributed by atoms with Crippen LogP contribution in [0.25, 0.3) is 0 Å². The Hall–Kier alpha value is -3.05. The van der Waals surface area contributed by atoms with E-state index < -0.39 is 0 Å². The third-order valence-corrected chi connectivity index (χ3v) is 4.36. The summed E-state index contributed by atoms with van der Waals surface area (Å²) < 4.78 is 5.35. The summed E-state index contributed by atoms with van der Waals surface area (Å²) in [5, 5.41) is 6.47. The van der Waals surface area contributed by atoms with Crippen LogP contribution in [0.5, 0.6) is 5.75 Å². The highest BCUT2D eigenvalue weighted by Gasteiger charge is 2.10. The highest BCUT2D eigenvalue weighted by molar-refractivity contribution is 6.34. The molecule has 0 fully saturated rings. The van der Waals surface area contributed by atoms with Crippen LogP contribution >= 0.6 is 11.6 Å². The van der Waals surface area contributed by atoms with Crippen molar-refractivity contribution in [3.63, 3.8) is 0 Å². The van der Waals surface area contributed by atoms with Crippen LogP contribution in [-0.2, 0) is 6.42 Å². The highest BCUT2D eigenvalue weighted by atomic mass is 35.5. The standard InChI is InChI=1S/C21H20ClN3O2/c1-27-19-9-5-2-6-15(19)12-13-23-20-11-10-16(14-24-20)25-21(26)17-7-3-4-8-18(17)22/h2-11,14H,12-13H2,1H3,(H,23,24)(H,25,26). The van der Waals surface area contributed by atoms with E-state index in [2.05, 4.69) is 15.6 Å². The number of nitrogens with one attached hydrogen (secondary N) is 2. The lowest BCUT2D eigenvalue weighted by Crippen LogP contribution is -2.13. The number of carbonyl (C=O) groups is 1. The quantitative estimate of drug-likeness (QED) is 0.625. The summed E-state index contributed by atoms with van der Waals surface area (Å²) in [6, 6.07) is 18.5. The van der Waals surface area contributed by atoms with Crippen LogP contribution in [0.3, 0.4) is 0 Å². The van der Waals surface area contributed by atoms with E-state index in [4.69, 9.17) is 16.3 Å². The van der Waals surface area contributed by atoms with E-state index in [9.17, 15) is 4.79 Å². The van der Waals surface area contributed by atoms with Gasteiger partial charge in [0.25, 0.3) is 5.91 Å². The maximum absolute atomic E-state index is 12.3. The van der Waals surface area contributed by atoms with E-state index >= 15 is 0 Å². The Bertz CT molecular complexity index is 913. The molecule has 5 nitrogen and oxygen atoms in total. The Morgan fingerprint density at radius 3 is 2.59 bits per heavy atom. The van der Waals surface area contributed by atoms with Crippen LogP contribution in [0.2, 0.25) is 5.02 Å². The van der Waals surface area contributed by atoms with E-state index in [1.54, 1.807) is 43.6 Å². The van der Waals surface area contributed by atoms with Crippen molar-refractivity contribution in [1.29, 1.82) is 0 Å². The zero-order chi connectivity index (χ0) is 19.1. The fourth-order valence-electron chi connectivity index (χ4n) is 2.65. The maximum atomic E-state index is 12.3. The SMILES string of the molecule is COc1ccccc1CCNc1ccc(NC(=O)c2ccccc2Cl)cn1. The molecule has 0 saturated carbocycles. The number of aromatic nitrogens is 1. The lowest BCUT2D eigenvalue weighted by molar-refractivity contribution is 0.102. The van der Waals surface area contributed by atoms with Crippen LogP contribution in [0.15, 0.2) is 66.9 Å². The molecule has 3 aromatic rings. The van der Waals surface area contributed by atoms with Gasteiger partial charge in [0.2, 0.25) is 0 Å². The predicted molar refractivity (Wildman–Crippen MR) is 109 cm³/mol. The smallest absolute Gasteiger partial charge is 0.257 e. The topological polar surface area (TPSA) is 63.2 Å². The molecule has 1 heterocycles. The second-order valence-corrected chi connectivity index (χ2v) is 6.26. The first kappa shape index (κ1) is 18.7. The third-order valence-electron chi connectivity index (χ3n) is 4.03. The zero-order valence-electron chi connectivity index (χ0n) is 14.9. The molecule has 1 aromatic heterocycles. The number of halogens is 1. The average molecular weight is 382 g/mol. The number of carbonyl (C=O) groups excluding carboxylic acids is 1. The number of para-hydroxylation sites is 1. The first-order valence-corrected chi connectivity index (χ1v) is 8.93. The minimum Gasteiger partial charge on any atom is -0.496 e. The van der Waals surface area contributed by atoms with Gasteiger partial charge in [-0.05, 0) is 42.3 Å². The number of amides is 1. The van der Waals surface area contributed by atoms with E-state index in [0.29, 0.717) is 16.3 Å². The first-order chi connectivity index (χ1) is 13.2. The summed E-state index contributed by atoms with van der Waals surface area (Å²) >= 11 is 6.04. The van der Waals surface area contributed by atoms with Crippen molar-refractivity contribution in [2.45, 2.75) is 6.42 Å². The highest BCUT2D eigenvalue weighted by Crippen LogP contribution is 2.19. The molecule has 0 saturated heterocycles. The molecule has 2 N–H and O–H groups in total. The van der Waals surface area contributed by atoms with Crippen LogP contribution in [0.4, 0.5) is 11.5 Å². The van der Waals surface area contributed by atoms with Gasteiger partial charge < -0.3 is 15.4 Å². The molecule has 0 radical (unpaired) electrons. The van der Waals surface area contributed by atoms with Gasteiger partial charge in [0.05, 0.1) is 29.6 Å². The summed E-state index contributed by atoms with van der Waals surface area (Å²) in [6.45, 7) is 0.721. The van der Waals surface area contributed by atoms with E-state index in [0.717, 1.165) is 30.1 Å². The molecule has 27 heavy (non-hydrogen) atoms. The molecule has 2 aromatic carbocycles. The second-order valence-electron chi connectivity index (χ2n) is 5.85. The Labute approximate surface area is 163 Å². The zero-order valence-corrected chi connectivity index (χ0v) is 15.7. The molecule has 6 heteroatoms. The molecule has 0 spiro atoms. The van der Waals surface area contributed by atoms with Crippen molar-refractivity contribution in [2.75, 3.05) is 24.3 Å². The van der Waals surface area contributed by atoms with Crippen molar-refractivity contribution >= 4 is 29.0 Å². The average Bonchev–Trinajstić information content (AvgIpc) is 2.70. The second kappa shape index (κ2) is 9.05. The summed E-state index contributed by atoms with van der Waals surface area (Å²) in [5.41, 5.74) is 2.17. The van der Waals surface area contributed by atoms with Crippen LogP contribution in [0, 0.1) is 0 Å². The predicted octanol–water partition coefficient (Wildman–Crippen LogP) is 4.65. The molecule has 0 aliphatic carbocycles. The number of hydrogen-bond acceptors (Lipinski definition) is 4. The number of benzene rings is 2. The van der Waals surface area contributed by atoms with E-state index in [1.165, 1.54) is 0 Å². The molecule has 138 valence electrons. The molecule has 0 unspecified atom stereocenters. The van der Waals surface area contributed by atoms with Crippen molar-refractivity contribution in [3.05, 3.63) is 83.0 Å². The number of ether oxygens (including phenoxy) is 1. The Kier molecular flexibility index (Phi) is 6.28. The molecule has 0 aliphatic heterocycles. The van der Waals surface area contributed by atoms with Crippen LogP contribution in [0.1, 0.15) is 15.9 Å². The van der Waals surface area contributed by atoms with E-state index in [-0.39, 0.29) is 5.91 Å². The maximum Gasteiger partial charge on any atom is 0.257 e. The van der Waals surface area contributed by atoms with Gasteiger partial charge in [-0.2, -0.15) is 0 Å². The molecule has 1 amide bonds. The molecule has 0 atom stereocenters. The normalized spacial score (nSPS) is 10.3. The van der Waals surface area contributed by atoms with Gasteiger partial charge >= 0.3 is 0 Å². The van der Waals surface area contributed by atoms with Gasteiger partial charge in [0, 0.05) is 6.54 Å². The number of rotatable bonds is 7. The van der Waals surface area contributed by atoms with Crippen molar-refractivity contribution < 1.29 is 9.53 Å². The molecule has 0 aliphatic rings. The van der Waals surface area contributed by atoms with Gasteiger partial charge in [-0.1, -0.05) is 41.9 Å². The molecular formula is C21H20ClN3O2. The number of nitrogens with zero attached hydrogens (tertiary/aromatic N) is 1. The monoisotopic (exact) mass is 381 g/mol. The molecule has 0 bridgehead atoms. The molecular weight excluding hydrogens is 362 g/mol. The van der Waals surface area contributed by atoms with Gasteiger partial charge in [-0.25, -0.2) is 4.98 Å². The third kappa shape index (κ3) is 4.99. The largest absolute Gasteiger partial charge is 0.496 e. The van der Waals surface area contributed by atoms with Gasteiger partial charge in [-0.3, -0.25) is 4.79 Å². The van der Waals surface area contributed by atoms with Gasteiger partial charge in [0.1, 0.15) is 11.6 Å². The van der Waals surface area contributed by atoms with Gasteiger partial charge in [0.15, 0.2) is 0 Å².